The largest absolute Gasteiger partial charge is 0.374 e. The van der Waals surface area contributed by atoms with E-state index in [2.05, 4.69) is 9.03 Å². The first kappa shape index (κ1) is 21.1. The minimum Gasteiger partial charge on any atom is -0.374 e. The molecule has 3 aromatic carbocycles. The van der Waals surface area contributed by atoms with Crippen LogP contribution in [0.4, 0.5) is 14.5 Å². The molecule has 1 aliphatic rings. The molecule has 7 heteroatoms. The van der Waals surface area contributed by atoms with Gasteiger partial charge in [0.2, 0.25) is 0 Å². The molecule has 1 N–H and O–H groups in total. The van der Waals surface area contributed by atoms with E-state index in [1.165, 1.54) is 36.4 Å². The predicted molar refractivity (Wildman–Crippen MR) is 119 cm³/mol. The van der Waals surface area contributed by atoms with Crippen molar-refractivity contribution in [3.63, 3.8) is 0 Å². The highest BCUT2D eigenvalue weighted by atomic mass is 35.5. The van der Waals surface area contributed by atoms with Gasteiger partial charge < -0.3 is 9.46 Å². The number of benzene rings is 3. The van der Waals surface area contributed by atoms with Crippen molar-refractivity contribution in [2.24, 2.45) is 0 Å². The number of rotatable bonds is 6. The van der Waals surface area contributed by atoms with Gasteiger partial charge in [0.25, 0.3) is 0 Å². The second-order valence-corrected chi connectivity index (χ2v) is 8.42. The highest BCUT2D eigenvalue weighted by molar-refractivity contribution is 7.98. The normalized spacial score (nSPS) is 17.3. The van der Waals surface area contributed by atoms with Gasteiger partial charge in [0, 0.05) is 41.9 Å². The van der Waals surface area contributed by atoms with E-state index in [0.717, 1.165) is 23.4 Å². The fraction of sp³-hybridized carbons (Fsp3) is 0.217. The summed E-state index contributed by atoms with van der Waals surface area (Å²) in [4.78, 5) is 0. The highest BCUT2D eigenvalue weighted by Crippen LogP contribution is 2.33. The number of nitrogens with one attached hydrogen (secondary N) is 1. The van der Waals surface area contributed by atoms with Gasteiger partial charge in [-0.05, 0) is 53.6 Å². The van der Waals surface area contributed by atoms with Crippen LogP contribution in [0.1, 0.15) is 17.0 Å². The minimum absolute atomic E-state index is 0.138. The fourth-order valence-electron chi connectivity index (χ4n) is 3.57. The lowest BCUT2D eigenvalue weighted by Crippen LogP contribution is -2.42. The van der Waals surface area contributed by atoms with E-state index in [1.54, 1.807) is 24.3 Å². The zero-order chi connectivity index (χ0) is 20.9. The summed E-state index contributed by atoms with van der Waals surface area (Å²) in [5, 5.41) is 0.674. The molecule has 1 heterocycles. The van der Waals surface area contributed by atoms with Gasteiger partial charge in [0.15, 0.2) is 0 Å². The number of anilines is 1. The molecule has 0 aliphatic carbocycles. The van der Waals surface area contributed by atoms with Gasteiger partial charge in [-0.1, -0.05) is 41.9 Å². The third-order valence-electron chi connectivity index (χ3n) is 5.00. The first-order chi connectivity index (χ1) is 14.6. The van der Waals surface area contributed by atoms with E-state index in [1.807, 2.05) is 24.3 Å². The quantitative estimate of drug-likeness (QED) is 0.460. The maximum Gasteiger partial charge on any atom is 0.123 e. The van der Waals surface area contributed by atoms with Crippen LogP contribution in [0, 0.1) is 11.6 Å². The SMILES string of the molecule is Fc1ccc(C(c2ccc(F)cc2)C2CN(SNc3cccc(Cl)c3)CCO2)cc1. The minimum atomic E-state index is -0.288. The van der Waals surface area contributed by atoms with Crippen molar-refractivity contribution < 1.29 is 13.5 Å². The smallest absolute Gasteiger partial charge is 0.123 e. The third kappa shape index (κ3) is 5.32. The Balaban J connectivity index is 1.52. The van der Waals surface area contributed by atoms with Gasteiger partial charge in [0.1, 0.15) is 11.6 Å². The topological polar surface area (TPSA) is 24.5 Å². The number of halogens is 3. The van der Waals surface area contributed by atoms with Gasteiger partial charge in [-0.15, -0.1) is 0 Å². The van der Waals surface area contributed by atoms with E-state index in [9.17, 15) is 8.78 Å². The first-order valence-corrected chi connectivity index (χ1v) is 10.8. The molecule has 4 rings (SSSR count). The van der Waals surface area contributed by atoms with Gasteiger partial charge in [0.05, 0.1) is 12.7 Å². The van der Waals surface area contributed by atoms with Crippen molar-refractivity contribution in [1.29, 1.82) is 0 Å². The Labute approximate surface area is 184 Å². The molecule has 1 aliphatic heterocycles. The zero-order valence-electron chi connectivity index (χ0n) is 16.1. The summed E-state index contributed by atoms with van der Waals surface area (Å²) in [6, 6.07) is 20.4. The molecule has 0 bridgehead atoms. The van der Waals surface area contributed by atoms with E-state index < -0.39 is 0 Å². The van der Waals surface area contributed by atoms with Crippen molar-refractivity contribution >= 4 is 29.4 Å². The summed E-state index contributed by atoms with van der Waals surface area (Å²) < 4.78 is 38.6. The summed E-state index contributed by atoms with van der Waals surface area (Å²) in [5.41, 5.74) is 2.79. The maximum absolute atomic E-state index is 13.5. The number of ether oxygens (including phenoxy) is 1. The molecule has 0 saturated carbocycles. The lowest BCUT2D eigenvalue weighted by atomic mass is 9.86. The van der Waals surface area contributed by atoms with Crippen LogP contribution in [0.15, 0.2) is 72.8 Å². The molecule has 3 aromatic rings. The fourth-order valence-corrected chi connectivity index (χ4v) is 4.51. The molecule has 1 atom stereocenters. The summed E-state index contributed by atoms with van der Waals surface area (Å²) in [6.45, 7) is 1.97. The zero-order valence-corrected chi connectivity index (χ0v) is 17.7. The molecule has 0 aromatic heterocycles. The third-order valence-corrected chi connectivity index (χ3v) is 6.16. The molecular weight excluding hydrogens is 426 g/mol. The number of nitrogens with zero attached hydrogens (tertiary/aromatic N) is 1. The Kier molecular flexibility index (Phi) is 6.89. The molecular formula is C23H21ClF2N2OS. The highest BCUT2D eigenvalue weighted by Gasteiger charge is 2.31. The number of morpholine rings is 1. The lowest BCUT2D eigenvalue weighted by molar-refractivity contribution is -0.00693. The molecule has 1 unspecified atom stereocenters. The van der Waals surface area contributed by atoms with E-state index in [0.29, 0.717) is 18.2 Å². The number of hydrogen-bond donors (Lipinski definition) is 1. The Hall–Kier alpha value is -2.12. The Morgan fingerprint density at radius 1 is 0.967 bits per heavy atom. The average molecular weight is 447 g/mol. The Morgan fingerprint density at radius 3 is 2.20 bits per heavy atom. The van der Waals surface area contributed by atoms with Crippen molar-refractivity contribution in [2.75, 3.05) is 24.4 Å². The van der Waals surface area contributed by atoms with E-state index in [4.69, 9.17) is 16.3 Å². The summed E-state index contributed by atoms with van der Waals surface area (Å²) in [5.74, 6) is -0.714. The van der Waals surface area contributed by atoms with Crippen LogP contribution in [0.2, 0.25) is 5.02 Å². The molecule has 0 spiro atoms. The molecule has 156 valence electrons. The van der Waals surface area contributed by atoms with Crippen LogP contribution in [0.3, 0.4) is 0 Å². The standard InChI is InChI=1S/C23H21ClF2N2OS/c24-18-2-1-3-21(14-18)27-30-28-12-13-29-22(15-28)23(16-4-8-19(25)9-5-16)17-6-10-20(26)11-7-17/h1-11,14,22-23,27H,12-13,15H2. The second-order valence-electron chi connectivity index (χ2n) is 7.08. The van der Waals surface area contributed by atoms with Gasteiger partial charge >= 0.3 is 0 Å². The van der Waals surface area contributed by atoms with Crippen molar-refractivity contribution in [3.8, 4) is 0 Å². The summed E-state index contributed by atoms with van der Waals surface area (Å²) >= 11 is 7.55. The van der Waals surface area contributed by atoms with Gasteiger partial charge in [-0.2, -0.15) is 0 Å². The maximum atomic E-state index is 13.5. The molecule has 3 nitrogen and oxygen atoms in total. The van der Waals surface area contributed by atoms with Gasteiger partial charge in [-0.3, -0.25) is 0 Å². The van der Waals surface area contributed by atoms with Crippen LogP contribution < -0.4 is 4.72 Å². The van der Waals surface area contributed by atoms with Gasteiger partial charge in [-0.25, -0.2) is 13.1 Å². The second kappa shape index (κ2) is 9.79. The molecule has 1 saturated heterocycles. The molecule has 30 heavy (non-hydrogen) atoms. The van der Waals surface area contributed by atoms with Crippen molar-refractivity contribution in [1.82, 2.24) is 4.31 Å². The Morgan fingerprint density at radius 2 is 1.60 bits per heavy atom. The number of hydrogen-bond acceptors (Lipinski definition) is 4. The lowest BCUT2D eigenvalue weighted by Gasteiger charge is -2.36. The van der Waals surface area contributed by atoms with Crippen LogP contribution in [-0.4, -0.2) is 30.1 Å². The van der Waals surface area contributed by atoms with Crippen molar-refractivity contribution in [3.05, 3.63) is 101 Å². The molecule has 1 fully saturated rings. The van der Waals surface area contributed by atoms with E-state index >= 15 is 0 Å². The molecule has 0 amide bonds. The first-order valence-electron chi connectivity index (χ1n) is 9.64. The predicted octanol–water partition coefficient (Wildman–Crippen LogP) is 6.13. The summed E-state index contributed by atoms with van der Waals surface area (Å²) in [6.07, 6.45) is -0.164. The molecule has 0 radical (unpaired) electrons. The van der Waals surface area contributed by atoms with Crippen LogP contribution >= 0.6 is 23.7 Å². The Bertz CT molecular complexity index is 926. The van der Waals surface area contributed by atoms with Crippen LogP contribution in [0.5, 0.6) is 0 Å². The van der Waals surface area contributed by atoms with Crippen LogP contribution in [0.25, 0.3) is 0 Å². The average Bonchev–Trinajstić information content (AvgIpc) is 2.76. The monoisotopic (exact) mass is 446 g/mol. The van der Waals surface area contributed by atoms with Crippen LogP contribution in [-0.2, 0) is 4.74 Å². The summed E-state index contributed by atoms with van der Waals surface area (Å²) in [7, 11) is 0. The van der Waals surface area contributed by atoms with Crippen molar-refractivity contribution in [2.45, 2.75) is 12.0 Å². The van der Waals surface area contributed by atoms with E-state index in [-0.39, 0.29) is 23.7 Å².